The van der Waals surface area contributed by atoms with Crippen LogP contribution in [-0.4, -0.2) is 34.0 Å². The number of carbonyl (C=O) groups is 1. The van der Waals surface area contributed by atoms with Gasteiger partial charge in [0.05, 0.1) is 6.61 Å². The Morgan fingerprint density at radius 2 is 2.65 bits per heavy atom. The molecule has 1 saturated heterocycles. The Kier molecular flexibility index (Phi) is 3.89. The molecule has 0 spiro atoms. The molecule has 0 saturated carbocycles. The second-order valence-corrected chi connectivity index (χ2v) is 3.72. The lowest BCUT2D eigenvalue weighted by atomic mass is 10.2. The average Bonchev–Trinajstić information content (AvgIpc) is 2.94. The largest absolute Gasteiger partial charge is 0.478 e. The van der Waals surface area contributed by atoms with Gasteiger partial charge in [-0.05, 0) is 18.9 Å². The number of rotatable bonds is 5. The maximum atomic E-state index is 10.3. The molecule has 0 bridgehead atoms. The highest BCUT2D eigenvalue weighted by molar-refractivity contribution is 5.79. The number of hydrogen-bond acceptors (Lipinski definition) is 4. The number of allylic oxidation sites excluding steroid dienone is 1. The van der Waals surface area contributed by atoms with Crippen molar-refractivity contribution in [2.75, 3.05) is 13.2 Å². The summed E-state index contributed by atoms with van der Waals surface area (Å²) in [5.74, 6) is -0.917. The van der Waals surface area contributed by atoms with Crippen molar-refractivity contribution in [3.8, 4) is 0 Å². The zero-order chi connectivity index (χ0) is 12.1. The van der Waals surface area contributed by atoms with Gasteiger partial charge in [-0.15, -0.1) is 0 Å². The van der Waals surface area contributed by atoms with Gasteiger partial charge in [-0.1, -0.05) is 6.08 Å². The van der Waals surface area contributed by atoms with E-state index in [9.17, 15) is 4.79 Å². The van der Waals surface area contributed by atoms with E-state index in [2.05, 4.69) is 10.4 Å². The van der Waals surface area contributed by atoms with Crippen LogP contribution in [0.5, 0.6) is 0 Å². The molecule has 2 N–H and O–H groups in total. The molecule has 1 aliphatic heterocycles. The van der Waals surface area contributed by atoms with Gasteiger partial charge in [0, 0.05) is 24.5 Å². The van der Waals surface area contributed by atoms with Crippen molar-refractivity contribution in [1.82, 2.24) is 15.1 Å². The quantitative estimate of drug-likeness (QED) is 0.731. The molecule has 0 amide bonds. The summed E-state index contributed by atoms with van der Waals surface area (Å²) >= 11 is 0. The van der Waals surface area contributed by atoms with Crippen LogP contribution in [0.3, 0.4) is 0 Å². The van der Waals surface area contributed by atoms with Crippen LogP contribution in [-0.2, 0) is 16.0 Å². The fourth-order valence-corrected chi connectivity index (χ4v) is 1.74. The van der Waals surface area contributed by atoms with Gasteiger partial charge in [-0.3, -0.25) is 5.32 Å². The average molecular weight is 237 g/mol. The minimum Gasteiger partial charge on any atom is -0.478 e. The molecule has 1 aliphatic rings. The van der Waals surface area contributed by atoms with Gasteiger partial charge in [0.15, 0.2) is 0 Å². The molecule has 0 aliphatic carbocycles. The first-order valence-electron chi connectivity index (χ1n) is 5.54. The van der Waals surface area contributed by atoms with Gasteiger partial charge in [0.2, 0.25) is 6.35 Å². The molecule has 1 aromatic heterocycles. The summed E-state index contributed by atoms with van der Waals surface area (Å²) in [6.45, 7) is 1.51. The smallest absolute Gasteiger partial charge is 0.327 e. The van der Waals surface area contributed by atoms with Crippen molar-refractivity contribution >= 4 is 5.97 Å². The van der Waals surface area contributed by atoms with Gasteiger partial charge >= 0.3 is 5.97 Å². The third-order valence-corrected chi connectivity index (χ3v) is 2.50. The van der Waals surface area contributed by atoms with E-state index >= 15 is 0 Å². The van der Waals surface area contributed by atoms with E-state index in [0.29, 0.717) is 13.0 Å². The standard InChI is InChI=1S/C11H15N3O3/c15-10(16)4-2-1-3-9-5-6-13-14(9)11-12-7-8-17-11/h2,4-6,11-12H,1,3,7-8H2,(H,15,16)/b4-2-. The zero-order valence-electron chi connectivity index (χ0n) is 9.37. The van der Waals surface area contributed by atoms with Crippen molar-refractivity contribution in [2.24, 2.45) is 0 Å². The Morgan fingerprint density at radius 1 is 1.76 bits per heavy atom. The van der Waals surface area contributed by atoms with Crippen molar-refractivity contribution in [2.45, 2.75) is 19.2 Å². The third kappa shape index (κ3) is 3.15. The molecule has 0 aromatic carbocycles. The van der Waals surface area contributed by atoms with Gasteiger partial charge in [-0.2, -0.15) is 5.10 Å². The lowest BCUT2D eigenvalue weighted by Crippen LogP contribution is -2.23. The van der Waals surface area contributed by atoms with E-state index in [1.54, 1.807) is 17.0 Å². The number of nitrogens with one attached hydrogen (secondary N) is 1. The first kappa shape index (κ1) is 11.8. The number of carboxylic acid groups (broad SMARTS) is 1. The Labute approximate surface area is 98.9 Å². The Bertz CT molecular complexity index is 408. The monoisotopic (exact) mass is 237 g/mol. The van der Waals surface area contributed by atoms with Gasteiger partial charge < -0.3 is 9.84 Å². The maximum Gasteiger partial charge on any atom is 0.327 e. The topological polar surface area (TPSA) is 76.4 Å². The van der Waals surface area contributed by atoms with E-state index in [1.165, 1.54) is 0 Å². The van der Waals surface area contributed by atoms with Crippen LogP contribution in [0.25, 0.3) is 0 Å². The number of aryl methyl sites for hydroxylation is 1. The number of nitrogens with zero attached hydrogens (tertiary/aromatic N) is 2. The molecule has 6 heteroatoms. The molecule has 92 valence electrons. The van der Waals surface area contributed by atoms with Gasteiger partial charge in [0.25, 0.3) is 0 Å². The van der Waals surface area contributed by atoms with Crippen LogP contribution < -0.4 is 5.32 Å². The van der Waals surface area contributed by atoms with Crippen LogP contribution in [0.2, 0.25) is 0 Å². The summed E-state index contributed by atoms with van der Waals surface area (Å²) < 4.78 is 7.25. The highest BCUT2D eigenvalue weighted by atomic mass is 16.5. The summed E-state index contributed by atoms with van der Waals surface area (Å²) in [7, 11) is 0. The molecule has 1 fully saturated rings. The predicted molar refractivity (Wildman–Crippen MR) is 60.3 cm³/mol. The van der Waals surface area contributed by atoms with E-state index in [4.69, 9.17) is 9.84 Å². The number of carboxylic acids is 1. The Balaban J connectivity index is 1.92. The van der Waals surface area contributed by atoms with Crippen LogP contribution in [0.1, 0.15) is 18.5 Å². The SMILES string of the molecule is O=C(O)/C=C\CCc1ccnn1C1NCCO1. The van der Waals surface area contributed by atoms with Crippen molar-refractivity contribution in [3.63, 3.8) is 0 Å². The summed E-state index contributed by atoms with van der Waals surface area (Å²) in [5, 5.41) is 15.8. The fourth-order valence-electron chi connectivity index (χ4n) is 1.74. The van der Waals surface area contributed by atoms with Gasteiger partial charge in [-0.25, -0.2) is 9.48 Å². The maximum absolute atomic E-state index is 10.3. The summed E-state index contributed by atoms with van der Waals surface area (Å²) in [5.41, 5.74) is 1.03. The molecule has 1 atom stereocenters. The molecule has 0 radical (unpaired) electrons. The van der Waals surface area contributed by atoms with Crippen molar-refractivity contribution in [3.05, 3.63) is 30.1 Å². The number of ether oxygens (including phenoxy) is 1. The second-order valence-electron chi connectivity index (χ2n) is 3.72. The third-order valence-electron chi connectivity index (χ3n) is 2.50. The lowest BCUT2D eigenvalue weighted by molar-refractivity contribution is -0.131. The molecule has 2 rings (SSSR count). The van der Waals surface area contributed by atoms with Crippen LogP contribution in [0, 0.1) is 0 Å². The highest BCUT2D eigenvalue weighted by Crippen LogP contribution is 2.13. The summed E-state index contributed by atoms with van der Waals surface area (Å²) in [6, 6.07) is 1.91. The molecular weight excluding hydrogens is 222 g/mol. The highest BCUT2D eigenvalue weighted by Gasteiger charge is 2.18. The Hall–Kier alpha value is -1.66. The van der Waals surface area contributed by atoms with Crippen molar-refractivity contribution < 1.29 is 14.6 Å². The van der Waals surface area contributed by atoms with Crippen LogP contribution in [0.4, 0.5) is 0 Å². The van der Waals surface area contributed by atoms with Crippen LogP contribution in [0.15, 0.2) is 24.4 Å². The number of aromatic nitrogens is 2. The van der Waals surface area contributed by atoms with E-state index in [-0.39, 0.29) is 6.35 Å². The molecular formula is C11H15N3O3. The van der Waals surface area contributed by atoms with Crippen molar-refractivity contribution in [1.29, 1.82) is 0 Å². The summed E-state index contributed by atoms with van der Waals surface area (Å²) in [6.07, 6.45) is 5.74. The molecule has 2 heterocycles. The Morgan fingerprint density at radius 3 is 3.35 bits per heavy atom. The lowest BCUT2D eigenvalue weighted by Gasteiger charge is -2.13. The number of hydrogen-bond donors (Lipinski definition) is 2. The summed E-state index contributed by atoms with van der Waals surface area (Å²) in [4.78, 5) is 10.3. The molecule has 17 heavy (non-hydrogen) atoms. The minimum atomic E-state index is -0.917. The normalized spacial score (nSPS) is 20.1. The molecule has 1 aromatic rings. The van der Waals surface area contributed by atoms with Gasteiger partial charge in [0.1, 0.15) is 0 Å². The minimum absolute atomic E-state index is 0.191. The zero-order valence-corrected chi connectivity index (χ0v) is 9.37. The van der Waals surface area contributed by atoms with E-state index in [1.807, 2.05) is 6.07 Å². The second kappa shape index (κ2) is 5.60. The predicted octanol–water partition coefficient (Wildman–Crippen LogP) is 0.532. The van der Waals surface area contributed by atoms with E-state index < -0.39 is 5.97 Å². The fraction of sp³-hybridized carbons (Fsp3) is 0.455. The number of aliphatic carboxylic acids is 1. The molecule has 1 unspecified atom stereocenters. The van der Waals surface area contributed by atoms with Crippen LogP contribution >= 0.6 is 0 Å². The molecule has 6 nitrogen and oxygen atoms in total. The first-order valence-corrected chi connectivity index (χ1v) is 5.54. The van der Waals surface area contributed by atoms with E-state index in [0.717, 1.165) is 24.7 Å². The first-order chi connectivity index (χ1) is 8.27.